The average molecular weight is 234 g/mol. The van der Waals surface area contributed by atoms with E-state index in [1.54, 1.807) is 11.1 Å². The molecule has 0 radical (unpaired) electrons. The molecule has 1 fully saturated rings. The highest BCUT2D eigenvalue weighted by Gasteiger charge is 2.34. The van der Waals surface area contributed by atoms with Crippen LogP contribution in [-0.4, -0.2) is 35.4 Å². The van der Waals surface area contributed by atoms with E-state index in [1.807, 2.05) is 18.2 Å². The zero-order valence-electron chi connectivity index (χ0n) is 9.63. The fourth-order valence-corrected chi connectivity index (χ4v) is 1.94. The maximum Gasteiger partial charge on any atom is 0.310 e. The first-order chi connectivity index (χ1) is 8.20. The number of carbonyl (C=O) groups excluding carboxylic acids is 2. The normalized spacial score (nSPS) is 19.5. The predicted octanol–water partition coefficient (Wildman–Crippen LogP) is 0.603. The number of methoxy groups -OCH3 is 1. The van der Waals surface area contributed by atoms with Gasteiger partial charge in [-0.2, -0.15) is 0 Å². The van der Waals surface area contributed by atoms with Crippen LogP contribution in [0.2, 0.25) is 0 Å². The lowest BCUT2D eigenvalue weighted by molar-refractivity contribution is -0.145. The Bertz CT molecular complexity index is 419. The minimum atomic E-state index is -0.337. The van der Waals surface area contributed by atoms with Crippen LogP contribution in [0.3, 0.4) is 0 Å². The van der Waals surface area contributed by atoms with Crippen LogP contribution in [0.5, 0.6) is 0 Å². The minimum Gasteiger partial charge on any atom is -0.469 e. The van der Waals surface area contributed by atoms with Crippen molar-refractivity contribution in [1.82, 2.24) is 9.88 Å². The van der Waals surface area contributed by atoms with Crippen LogP contribution in [0.25, 0.3) is 0 Å². The lowest BCUT2D eigenvalue weighted by atomic mass is 10.1. The maximum absolute atomic E-state index is 11.7. The van der Waals surface area contributed by atoms with E-state index in [4.69, 9.17) is 0 Å². The third-order valence-corrected chi connectivity index (χ3v) is 2.83. The Kier molecular flexibility index (Phi) is 3.37. The lowest BCUT2D eigenvalue weighted by Crippen LogP contribution is -2.26. The second-order valence-electron chi connectivity index (χ2n) is 4.02. The molecule has 0 aliphatic carbocycles. The number of hydrogen-bond donors (Lipinski definition) is 0. The molecule has 5 heteroatoms. The van der Waals surface area contributed by atoms with Crippen molar-refractivity contribution < 1.29 is 14.3 Å². The zero-order valence-corrected chi connectivity index (χ0v) is 9.63. The van der Waals surface area contributed by atoms with Gasteiger partial charge in [-0.3, -0.25) is 14.6 Å². The molecule has 1 aliphatic rings. The van der Waals surface area contributed by atoms with Crippen molar-refractivity contribution in [2.45, 2.75) is 13.0 Å². The first kappa shape index (κ1) is 11.6. The summed E-state index contributed by atoms with van der Waals surface area (Å²) in [5.74, 6) is -0.677. The van der Waals surface area contributed by atoms with Crippen LogP contribution in [0.1, 0.15) is 12.1 Å². The monoisotopic (exact) mass is 234 g/mol. The maximum atomic E-state index is 11.7. The summed E-state index contributed by atoms with van der Waals surface area (Å²) in [5.41, 5.74) is 0.825. The average Bonchev–Trinajstić information content (AvgIpc) is 2.71. The molecule has 1 saturated heterocycles. The van der Waals surface area contributed by atoms with E-state index in [9.17, 15) is 9.59 Å². The van der Waals surface area contributed by atoms with Crippen LogP contribution in [0, 0.1) is 5.92 Å². The summed E-state index contributed by atoms with van der Waals surface area (Å²) >= 11 is 0. The van der Waals surface area contributed by atoms with Gasteiger partial charge < -0.3 is 9.64 Å². The van der Waals surface area contributed by atoms with Gasteiger partial charge in [0.15, 0.2) is 0 Å². The van der Waals surface area contributed by atoms with E-state index >= 15 is 0 Å². The van der Waals surface area contributed by atoms with Gasteiger partial charge in [0.1, 0.15) is 0 Å². The summed E-state index contributed by atoms with van der Waals surface area (Å²) < 4.78 is 4.65. The summed E-state index contributed by atoms with van der Waals surface area (Å²) in [6, 6.07) is 5.56. The quantitative estimate of drug-likeness (QED) is 0.719. The van der Waals surface area contributed by atoms with Crippen LogP contribution in [0.4, 0.5) is 0 Å². The van der Waals surface area contributed by atoms with Crippen molar-refractivity contribution in [2.24, 2.45) is 5.92 Å². The summed E-state index contributed by atoms with van der Waals surface area (Å²) in [7, 11) is 1.34. The summed E-state index contributed by atoms with van der Waals surface area (Å²) in [6.07, 6.45) is 1.92. The molecule has 0 N–H and O–H groups in total. The molecular weight excluding hydrogens is 220 g/mol. The van der Waals surface area contributed by atoms with Crippen molar-refractivity contribution in [1.29, 1.82) is 0 Å². The lowest BCUT2D eigenvalue weighted by Gasteiger charge is -2.15. The number of pyridine rings is 1. The number of ether oxygens (including phenoxy) is 1. The molecule has 1 aliphatic heterocycles. The Labute approximate surface area is 99.4 Å². The molecule has 1 amide bonds. The number of hydrogen-bond acceptors (Lipinski definition) is 4. The highest BCUT2D eigenvalue weighted by atomic mass is 16.5. The van der Waals surface area contributed by atoms with E-state index in [0.717, 1.165) is 5.69 Å². The molecule has 90 valence electrons. The molecule has 1 aromatic rings. The highest BCUT2D eigenvalue weighted by Crippen LogP contribution is 2.20. The van der Waals surface area contributed by atoms with E-state index in [2.05, 4.69) is 9.72 Å². The molecule has 0 aromatic carbocycles. The van der Waals surface area contributed by atoms with Gasteiger partial charge in [0.25, 0.3) is 0 Å². The van der Waals surface area contributed by atoms with Crippen molar-refractivity contribution in [3.8, 4) is 0 Å². The first-order valence-corrected chi connectivity index (χ1v) is 5.46. The van der Waals surface area contributed by atoms with Gasteiger partial charge in [-0.1, -0.05) is 6.07 Å². The first-order valence-electron chi connectivity index (χ1n) is 5.46. The Morgan fingerprint density at radius 3 is 3.06 bits per heavy atom. The van der Waals surface area contributed by atoms with Crippen molar-refractivity contribution in [3.63, 3.8) is 0 Å². The van der Waals surface area contributed by atoms with Gasteiger partial charge in [-0.25, -0.2) is 0 Å². The largest absolute Gasteiger partial charge is 0.469 e. The predicted molar refractivity (Wildman–Crippen MR) is 59.8 cm³/mol. The molecule has 1 unspecified atom stereocenters. The van der Waals surface area contributed by atoms with E-state index in [1.165, 1.54) is 7.11 Å². The van der Waals surface area contributed by atoms with Gasteiger partial charge >= 0.3 is 5.97 Å². The third-order valence-electron chi connectivity index (χ3n) is 2.83. The van der Waals surface area contributed by atoms with Gasteiger partial charge in [-0.15, -0.1) is 0 Å². The summed E-state index contributed by atoms with van der Waals surface area (Å²) in [6.45, 7) is 0.870. The Morgan fingerprint density at radius 2 is 2.41 bits per heavy atom. The number of likely N-dealkylation sites (tertiary alicyclic amines) is 1. The topological polar surface area (TPSA) is 59.5 Å². The van der Waals surface area contributed by atoms with E-state index < -0.39 is 0 Å². The minimum absolute atomic E-state index is 0.0222. The summed E-state index contributed by atoms with van der Waals surface area (Å²) in [5, 5.41) is 0. The van der Waals surface area contributed by atoms with E-state index in [-0.39, 0.29) is 24.2 Å². The standard InChI is InChI=1S/C12H14N2O3/c1-17-12(16)9-6-11(15)14(7-9)8-10-4-2-3-5-13-10/h2-5,9H,6-8H2,1H3. The molecular formula is C12H14N2O3. The van der Waals surface area contributed by atoms with Gasteiger partial charge in [0, 0.05) is 19.2 Å². The molecule has 1 aromatic heterocycles. The number of rotatable bonds is 3. The SMILES string of the molecule is COC(=O)C1CC(=O)N(Cc2ccccn2)C1. The Morgan fingerprint density at radius 1 is 1.59 bits per heavy atom. The van der Waals surface area contributed by atoms with Crippen LogP contribution < -0.4 is 0 Å². The van der Waals surface area contributed by atoms with Gasteiger partial charge in [0.05, 0.1) is 25.3 Å². The zero-order chi connectivity index (χ0) is 12.3. The highest BCUT2D eigenvalue weighted by molar-refractivity contribution is 5.86. The van der Waals surface area contributed by atoms with Crippen LogP contribution in [0.15, 0.2) is 24.4 Å². The Balaban J connectivity index is 1.99. The fraction of sp³-hybridized carbons (Fsp3) is 0.417. The molecule has 17 heavy (non-hydrogen) atoms. The Hall–Kier alpha value is -1.91. The van der Waals surface area contributed by atoms with Gasteiger partial charge in [0.2, 0.25) is 5.91 Å². The number of nitrogens with zero attached hydrogens (tertiary/aromatic N) is 2. The van der Waals surface area contributed by atoms with Crippen LogP contribution >= 0.6 is 0 Å². The third kappa shape index (κ3) is 2.61. The van der Waals surface area contributed by atoms with Crippen LogP contribution in [-0.2, 0) is 20.9 Å². The number of carbonyl (C=O) groups is 2. The van der Waals surface area contributed by atoms with E-state index in [0.29, 0.717) is 13.1 Å². The molecule has 5 nitrogen and oxygen atoms in total. The number of esters is 1. The molecule has 0 saturated carbocycles. The molecule has 2 heterocycles. The summed E-state index contributed by atoms with van der Waals surface area (Å²) in [4.78, 5) is 28.8. The molecule has 0 spiro atoms. The smallest absolute Gasteiger partial charge is 0.310 e. The van der Waals surface area contributed by atoms with Crippen molar-refractivity contribution >= 4 is 11.9 Å². The molecule has 0 bridgehead atoms. The number of aromatic nitrogens is 1. The van der Waals surface area contributed by atoms with Gasteiger partial charge in [-0.05, 0) is 12.1 Å². The number of amides is 1. The molecule has 1 atom stereocenters. The second-order valence-corrected chi connectivity index (χ2v) is 4.02. The molecule has 2 rings (SSSR count). The second kappa shape index (κ2) is 4.95. The van der Waals surface area contributed by atoms with Crippen molar-refractivity contribution in [2.75, 3.05) is 13.7 Å². The van der Waals surface area contributed by atoms with Crippen molar-refractivity contribution in [3.05, 3.63) is 30.1 Å². The fourth-order valence-electron chi connectivity index (χ4n) is 1.94.